The minimum absolute atomic E-state index is 0.319. The van der Waals surface area contributed by atoms with Gasteiger partial charge in [0.1, 0.15) is 17.1 Å². The van der Waals surface area contributed by atoms with Crippen LogP contribution in [0.4, 0.5) is 0 Å². The monoisotopic (exact) mass is 365 g/mol. The van der Waals surface area contributed by atoms with Gasteiger partial charge in [0.05, 0.1) is 23.1 Å². The molecule has 0 unspecified atom stereocenters. The maximum atomic E-state index is 6.04. The molecule has 6 heteroatoms. The van der Waals surface area contributed by atoms with Crippen molar-refractivity contribution in [3.05, 3.63) is 46.3 Å². The third-order valence-corrected chi connectivity index (χ3v) is 4.08. The van der Waals surface area contributed by atoms with Crippen LogP contribution in [0.3, 0.4) is 0 Å². The van der Waals surface area contributed by atoms with E-state index in [1.54, 1.807) is 7.11 Å². The summed E-state index contributed by atoms with van der Waals surface area (Å²) in [7, 11) is 1.64. The molecule has 21 heavy (non-hydrogen) atoms. The minimum Gasteiger partial charge on any atom is -0.496 e. The summed E-state index contributed by atoms with van der Waals surface area (Å²) in [5, 5.41) is 0. The zero-order valence-corrected chi connectivity index (χ0v) is 13.9. The summed E-state index contributed by atoms with van der Waals surface area (Å²) in [6.07, 6.45) is 1.83. The number of halogens is 2. The van der Waals surface area contributed by atoms with E-state index in [9.17, 15) is 0 Å². The summed E-state index contributed by atoms with van der Waals surface area (Å²) in [5.41, 5.74) is 3.66. The van der Waals surface area contributed by atoms with E-state index >= 15 is 0 Å². The summed E-state index contributed by atoms with van der Waals surface area (Å²) < 4.78 is 8.10. The molecule has 0 saturated carbocycles. The lowest BCUT2D eigenvalue weighted by Gasteiger charge is -2.10. The van der Waals surface area contributed by atoms with Gasteiger partial charge < -0.3 is 4.74 Å². The van der Waals surface area contributed by atoms with Crippen molar-refractivity contribution < 1.29 is 4.74 Å². The molecule has 0 fully saturated rings. The van der Waals surface area contributed by atoms with Crippen molar-refractivity contribution in [2.75, 3.05) is 7.11 Å². The van der Waals surface area contributed by atoms with Crippen LogP contribution < -0.4 is 4.74 Å². The molecule has 0 spiro atoms. The van der Waals surface area contributed by atoms with Crippen molar-refractivity contribution in [3.63, 3.8) is 0 Å². The van der Waals surface area contributed by atoms with Gasteiger partial charge in [0.2, 0.25) is 0 Å². The lowest BCUT2D eigenvalue weighted by atomic mass is 10.3. The lowest BCUT2D eigenvalue weighted by molar-refractivity contribution is 0.412. The molecule has 3 rings (SSSR count). The Morgan fingerprint density at radius 1 is 1.33 bits per heavy atom. The van der Waals surface area contributed by atoms with Gasteiger partial charge in [-0.25, -0.2) is 9.97 Å². The van der Waals surface area contributed by atoms with Crippen LogP contribution in [-0.4, -0.2) is 21.6 Å². The molecule has 0 aliphatic heterocycles. The maximum Gasteiger partial charge on any atom is 0.164 e. The van der Waals surface area contributed by atoms with Crippen molar-refractivity contribution in [1.82, 2.24) is 14.5 Å². The fraction of sp³-hybridized carbons (Fsp3) is 0.200. The molecule has 0 bridgehead atoms. The van der Waals surface area contributed by atoms with Gasteiger partial charge >= 0.3 is 0 Å². The van der Waals surface area contributed by atoms with E-state index in [1.807, 2.05) is 42.0 Å². The molecule has 0 atom stereocenters. The van der Waals surface area contributed by atoms with E-state index in [1.165, 1.54) is 0 Å². The zero-order valence-electron chi connectivity index (χ0n) is 11.6. The fourth-order valence-corrected chi connectivity index (χ4v) is 2.98. The average Bonchev–Trinajstić information content (AvgIpc) is 2.84. The predicted octanol–water partition coefficient (Wildman–Crippen LogP) is 4.24. The van der Waals surface area contributed by atoms with E-state index in [2.05, 4.69) is 25.9 Å². The zero-order chi connectivity index (χ0) is 15.0. The molecule has 4 nitrogen and oxygen atoms in total. The number of hydrogen-bond acceptors (Lipinski definition) is 3. The van der Waals surface area contributed by atoms with Crippen molar-refractivity contribution in [1.29, 1.82) is 0 Å². The smallest absolute Gasteiger partial charge is 0.164 e. The number of nitrogens with zero attached hydrogens (tertiary/aromatic N) is 3. The number of benzene rings is 1. The Bertz CT molecular complexity index is 816. The molecule has 0 aliphatic rings. The second-order valence-electron chi connectivity index (χ2n) is 4.67. The van der Waals surface area contributed by atoms with Crippen LogP contribution in [0, 0.1) is 6.92 Å². The second kappa shape index (κ2) is 5.66. The topological polar surface area (TPSA) is 39.9 Å². The van der Waals surface area contributed by atoms with Crippen molar-refractivity contribution >= 4 is 38.7 Å². The van der Waals surface area contributed by atoms with E-state index in [0.717, 1.165) is 38.5 Å². The highest BCUT2D eigenvalue weighted by Gasteiger charge is 2.14. The van der Waals surface area contributed by atoms with E-state index in [0.29, 0.717) is 5.88 Å². The Morgan fingerprint density at radius 3 is 2.81 bits per heavy atom. The van der Waals surface area contributed by atoms with Crippen LogP contribution in [0.25, 0.3) is 16.9 Å². The summed E-state index contributed by atoms with van der Waals surface area (Å²) in [6.45, 7) is 2.00. The van der Waals surface area contributed by atoms with Gasteiger partial charge in [0, 0.05) is 6.20 Å². The highest BCUT2D eigenvalue weighted by Crippen LogP contribution is 2.29. The van der Waals surface area contributed by atoms with Gasteiger partial charge in [-0.3, -0.25) is 4.57 Å². The lowest BCUT2D eigenvalue weighted by Crippen LogP contribution is -2.00. The minimum atomic E-state index is 0.319. The molecule has 2 heterocycles. The first-order chi connectivity index (χ1) is 10.1. The number of pyridine rings is 1. The highest BCUT2D eigenvalue weighted by atomic mass is 79.9. The highest BCUT2D eigenvalue weighted by molar-refractivity contribution is 9.10. The third kappa shape index (κ3) is 2.51. The summed E-state index contributed by atoms with van der Waals surface area (Å²) >= 11 is 9.55. The van der Waals surface area contributed by atoms with Gasteiger partial charge in [-0.15, -0.1) is 11.6 Å². The Hall–Kier alpha value is -1.59. The molecule has 0 aliphatic carbocycles. The number of alkyl halides is 1. The van der Waals surface area contributed by atoms with Gasteiger partial charge in [-0.1, -0.05) is 0 Å². The van der Waals surface area contributed by atoms with Crippen molar-refractivity contribution in [3.8, 4) is 11.4 Å². The standard InChI is InChI=1S/C15H13BrClN3O/c1-9-5-12-15(18-8-9)20(14(7-17)19-12)10-3-4-13(21-2)11(16)6-10/h3-6,8H,7H2,1-2H3. The van der Waals surface area contributed by atoms with Crippen molar-refractivity contribution in [2.45, 2.75) is 12.8 Å². The van der Waals surface area contributed by atoms with Crippen LogP contribution in [0.15, 0.2) is 34.9 Å². The van der Waals surface area contributed by atoms with Crippen LogP contribution in [0.5, 0.6) is 5.75 Å². The first kappa shape index (κ1) is 14.4. The van der Waals surface area contributed by atoms with Gasteiger partial charge in [0.25, 0.3) is 0 Å². The van der Waals surface area contributed by atoms with Gasteiger partial charge in [-0.2, -0.15) is 0 Å². The molecule has 2 aromatic heterocycles. The van der Waals surface area contributed by atoms with Crippen LogP contribution in [-0.2, 0) is 5.88 Å². The number of ether oxygens (including phenoxy) is 1. The quantitative estimate of drug-likeness (QED) is 0.651. The van der Waals surface area contributed by atoms with Crippen LogP contribution in [0.2, 0.25) is 0 Å². The molecular weight excluding hydrogens is 354 g/mol. The summed E-state index contributed by atoms with van der Waals surface area (Å²) in [4.78, 5) is 9.06. The number of aryl methyl sites for hydroxylation is 1. The van der Waals surface area contributed by atoms with E-state index < -0.39 is 0 Å². The van der Waals surface area contributed by atoms with Crippen LogP contribution >= 0.6 is 27.5 Å². The summed E-state index contributed by atoms with van der Waals surface area (Å²) in [6, 6.07) is 7.84. The first-order valence-electron chi connectivity index (χ1n) is 6.38. The predicted molar refractivity (Wildman–Crippen MR) is 87.4 cm³/mol. The average molecular weight is 367 g/mol. The van der Waals surface area contributed by atoms with E-state index in [4.69, 9.17) is 16.3 Å². The Labute approximate surface area is 135 Å². The number of aromatic nitrogens is 3. The Kier molecular flexibility index (Phi) is 3.87. The first-order valence-corrected chi connectivity index (χ1v) is 7.70. The largest absolute Gasteiger partial charge is 0.496 e. The maximum absolute atomic E-state index is 6.04. The third-order valence-electron chi connectivity index (χ3n) is 3.22. The number of fused-ring (bicyclic) bond motifs is 1. The normalized spacial score (nSPS) is 11.0. The van der Waals surface area contributed by atoms with Gasteiger partial charge in [-0.05, 0) is 52.7 Å². The Balaban J connectivity index is 2.25. The molecule has 0 saturated heterocycles. The number of methoxy groups -OCH3 is 1. The molecule has 1 aromatic carbocycles. The fourth-order valence-electron chi connectivity index (χ4n) is 2.27. The molecule has 3 aromatic rings. The SMILES string of the molecule is COc1ccc(-n2c(CCl)nc3cc(C)cnc32)cc1Br. The van der Waals surface area contributed by atoms with Gasteiger partial charge in [0.15, 0.2) is 5.65 Å². The number of rotatable bonds is 3. The van der Waals surface area contributed by atoms with Crippen LogP contribution in [0.1, 0.15) is 11.4 Å². The summed E-state index contributed by atoms with van der Waals surface area (Å²) in [5.74, 6) is 1.86. The van der Waals surface area contributed by atoms with Crippen molar-refractivity contribution in [2.24, 2.45) is 0 Å². The molecule has 0 amide bonds. The number of hydrogen-bond donors (Lipinski definition) is 0. The second-order valence-corrected chi connectivity index (χ2v) is 5.79. The molecular formula is C15H13BrClN3O. The molecule has 108 valence electrons. The molecule has 0 N–H and O–H groups in total. The molecule has 0 radical (unpaired) electrons. The number of imidazole rings is 1. The van der Waals surface area contributed by atoms with E-state index in [-0.39, 0.29) is 0 Å². The Morgan fingerprint density at radius 2 is 2.14 bits per heavy atom.